The number of ether oxygens (including phenoxy) is 1. The highest BCUT2D eigenvalue weighted by Crippen LogP contribution is 2.27. The summed E-state index contributed by atoms with van der Waals surface area (Å²) in [5.74, 6) is -4.91. The molecule has 0 bridgehead atoms. The molecule has 0 unspecified atom stereocenters. The molecule has 0 aliphatic rings. The van der Waals surface area contributed by atoms with Crippen LogP contribution in [-0.2, 0) is 0 Å². The predicted octanol–water partition coefficient (Wildman–Crippen LogP) is 2.42. The van der Waals surface area contributed by atoms with Crippen molar-refractivity contribution in [2.75, 3.05) is 7.11 Å². The second-order valence-corrected chi connectivity index (χ2v) is 2.60. The van der Waals surface area contributed by atoms with Crippen LogP contribution < -0.4 is 4.74 Å². The molecule has 1 aromatic rings. The summed E-state index contributed by atoms with van der Waals surface area (Å²) in [6, 6.07) is 1.28. The van der Waals surface area contributed by atoms with E-state index >= 15 is 0 Å². The number of rotatable bonds is 3. The van der Waals surface area contributed by atoms with Crippen molar-refractivity contribution in [2.45, 2.75) is 6.43 Å². The average molecular weight is 222 g/mol. The third-order valence-electron chi connectivity index (χ3n) is 1.71. The Morgan fingerprint density at radius 3 is 2.27 bits per heavy atom. The lowest BCUT2D eigenvalue weighted by molar-refractivity contribution is 0.0669. The van der Waals surface area contributed by atoms with Crippen LogP contribution in [0.25, 0.3) is 0 Å². The Bertz CT molecular complexity index is 390. The van der Waals surface area contributed by atoms with Gasteiger partial charge in [0, 0.05) is 0 Å². The summed E-state index contributed by atoms with van der Waals surface area (Å²) in [6.45, 7) is 0. The Kier molecular flexibility index (Phi) is 3.28. The molecule has 15 heavy (non-hydrogen) atoms. The Balaban J connectivity index is 3.37. The first-order valence-electron chi connectivity index (χ1n) is 3.83. The number of alkyl halides is 2. The first kappa shape index (κ1) is 11.5. The Morgan fingerprint density at radius 1 is 1.27 bits per heavy atom. The molecule has 0 aromatic heterocycles. The van der Waals surface area contributed by atoms with Crippen LogP contribution in [0.3, 0.4) is 0 Å². The number of hydrogen-bond acceptors (Lipinski definition) is 2. The predicted molar refractivity (Wildman–Crippen MR) is 43.2 cm³/mol. The van der Waals surface area contributed by atoms with Crippen LogP contribution in [-0.4, -0.2) is 19.3 Å². The molecule has 0 fully saturated rings. The smallest absolute Gasteiger partial charge is 0.300 e. The minimum absolute atomic E-state index is 0.591. The fourth-order valence-corrected chi connectivity index (χ4v) is 1.07. The van der Waals surface area contributed by atoms with E-state index in [9.17, 15) is 22.4 Å². The van der Waals surface area contributed by atoms with Gasteiger partial charge < -0.3 is 4.74 Å². The molecule has 2 nitrogen and oxygen atoms in total. The molecule has 0 saturated carbocycles. The molecule has 0 spiro atoms. The van der Waals surface area contributed by atoms with Gasteiger partial charge in [-0.2, -0.15) is 0 Å². The van der Waals surface area contributed by atoms with Gasteiger partial charge in [0.25, 0.3) is 0 Å². The zero-order chi connectivity index (χ0) is 11.6. The third-order valence-corrected chi connectivity index (χ3v) is 1.71. The molecule has 0 N–H and O–H groups in total. The summed E-state index contributed by atoms with van der Waals surface area (Å²) in [7, 11) is 0.958. The van der Waals surface area contributed by atoms with E-state index in [0.29, 0.717) is 12.1 Å². The second kappa shape index (κ2) is 4.29. The minimum atomic E-state index is -3.41. The topological polar surface area (TPSA) is 26.3 Å². The normalized spacial score (nSPS) is 10.5. The number of carbonyl (C=O) groups is 1. The summed E-state index contributed by atoms with van der Waals surface area (Å²) in [4.78, 5) is 10.9. The van der Waals surface area contributed by atoms with Gasteiger partial charge in [-0.05, 0) is 12.1 Å². The summed E-state index contributed by atoms with van der Waals surface area (Å²) >= 11 is 0. The zero-order valence-corrected chi connectivity index (χ0v) is 7.56. The van der Waals surface area contributed by atoms with Crippen molar-refractivity contribution in [3.8, 4) is 5.75 Å². The highest BCUT2D eigenvalue weighted by Gasteiger charge is 2.27. The van der Waals surface area contributed by atoms with Crippen molar-refractivity contribution >= 4 is 5.78 Å². The van der Waals surface area contributed by atoms with Gasteiger partial charge in [-0.25, -0.2) is 17.6 Å². The Labute approximate surface area is 82.5 Å². The van der Waals surface area contributed by atoms with Gasteiger partial charge in [0.15, 0.2) is 11.6 Å². The van der Waals surface area contributed by atoms with Crippen LogP contribution in [0.1, 0.15) is 10.4 Å². The van der Waals surface area contributed by atoms with Crippen molar-refractivity contribution in [3.63, 3.8) is 0 Å². The zero-order valence-electron chi connectivity index (χ0n) is 7.56. The first-order valence-corrected chi connectivity index (χ1v) is 3.83. The van der Waals surface area contributed by atoms with E-state index in [2.05, 4.69) is 4.74 Å². The van der Waals surface area contributed by atoms with Gasteiger partial charge >= 0.3 is 6.43 Å². The molecule has 0 radical (unpaired) electrons. The number of halogens is 4. The maximum Gasteiger partial charge on any atom is 0.300 e. The lowest BCUT2D eigenvalue weighted by atomic mass is 10.1. The average Bonchev–Trinajstić information content (AvgIpc) is 2.19. The van der Waals surface area contributed by atoms with Crippen molar-refractivity contribution in [1.29, 1.82) is 0 Å². The summed E-state index contributed by atoms with van der Waals surface area (Å²) in [5.41, 5.74) is -1.06. The molecular weight excluding hydrogens is 216 g/mol. The van der Waals surface area contributed by atoms with Crippen LogP contribution in [0.5, 0.6) is 5.75 Å². The van der Waals surface area contributed by atoms with Crippen molar-refractivity contribution < 1.29 is 27.1 Å². The lowest BCUT2D eigenvalue weighted by Gasteiger charge is -2.08. The summed E-state index contributed by atoms with van der Waals surface area (Å²) in [5, 5.41) is 0. The van der Waals surface area contributed by atoms with Crippen molar-refractivity contribution in [1.82, 2.24) is 0 Å². The maximum absolute atomic E-state index is 13.0. The number of Topliss-reactive ketones (excluding diaryl/α,β-unsaturated/α-hetero) is 1. The van der Waals surface area contributed by atoms with E-state index < -0.39 is 35.2 Å². The minimum Gasteiger partial charge on any atom is -0.493 e. The monoisotopic (exact) mass is 222 g/mol. The molecule has 0 atom stereocenters. The number of ketones is 1. The molecule has 1 aromatic carbocycles. The SMILES string of the molecule is COc1c(F)ccc(F)c1C(=O)C(F)F. The van der Waals surface area contributed by atoms with E-state index in [1.165, 1.54) is 0 Å². The fourth-order valence-electron chi connectivity index (χ4n) is 1.07. The van der Waals surface area contributed by atoms with Crippen molar-refractivity contribution in [2.24, 2.45) is 0 Å². The van der Waals surface area contributed by atoms with E-state index in [1.807, 2.05) is 0 Å². The molecule has 0 aliphatic heterocycles. The van der Waals surface area contributed by atoms with Crippen molar-refractivity contribution in [3.05, 3.63) is 29.3 Å². The Hall–Kier alpha value is -1.59. The number of carbonyl (C=O) groups excluding carboxylic acids is 1. The fraction of sp³-hybridized carbons (Fsp3) is 0.222. The first-order chi connectivity index (χ1) is 6.99. The van der Waals surface area contributed by atoms with E-state index in [0.717, 1.165) is 7.11 Å². The lowest BCUT2D eigenvalue weighted by Crippen LogP contribution is -2.14. The standard InChI is InChI=1S/C9H6F4O2/c1-15-8-5(11)3-2-4(10)6(8)7(14)9(12)13/h2-3,9H,1H3. The molecule has 0 amide bonds. The molecule has 0 saturated heterocycles. The highest BCUT2D eigenvalue weighted by molar-refractivity contribution is 6.01. The van der Waals surface area contributed by atoms with Crippen LogP contribution in [0.15, 0.2) is 12.1 Å². The van der Waals surface area contributed by atoms with Crippen LogP contribution in [0.4, 0.5) is 17.6 Å². The van der Waals surface area contributed by atoms with E-state index in [4.69, 9.17) is 0 Å². The number of benzene rings is 1. The van der Waals surface area contributed by atoms with Crippen LogP contribution in [0, 0.1) is 11.6 Å². The van der Waals surface area contributed by atoms with Crippen LogP contribution in [0.2, 0.25) is 0 Å². The number of methoxy groups -OCH3 is 1. The summed E-state index contributed by atoms with van der Waals surface area (Å²) in [6.07, 6.45) is -3.41. The molecule has 1 rings (SSSR count). The van der Waals surface area contributed by atoms with Gasteiger partial charge in [-0.3, -0.25) is 4.79 Å². The van der Waals surface area contributed by atoms with Gasteiger partial charge in [0.2, 0.25) is 5.78 Å². The molecule has 0 heterocycles. The molecular formula is C9H6F4O2. The molecule has 6 heteroatoms. The Morgan fingerprint density at radius 2 is 1.80 bits per heavy atom. The second-order valence-electron chi connectivity index (χ2n) is 2.60. The quantitative estimate of drug-likeness (QED) is 0.579. The van der Waals surface area contributed by atoms with Gasteiger partial charge in [0.1, 0.15) is 11.4 Å². The van der Waals surface area contributed by atoms with Gasteiger partial charge in [0.05, 0.1) is 7.11 Å². The third kappa shape index (κ3) is 2.08. The number of hydrogen-bond donors (Lipinski definition) is 0. The highest BCUT2D eigenvalue weighted by atomic mass is 19.3. The maximum atomic E-state index is 13.0. The van der Waals surface area contributed by atoms with Crippen LogP contribution >= 0.6 is 0 Å². The molecule has 82 valence electrons. The summed E-state index contributed by atoms with van der Waals surface area (Å²) < 4.78 is 54.4. The van der Waals surface area contributed by atoms with Gasteiger partial charge in [-0.15, -0.1) is 0 Å². The van der Waals surface area contributed by atoms with E-state index in [1.54, 1.807) is 0 Å². The molecule has 0 aliphatic carbocycles. The largest absolute Gasteiger partial charge is 0.493 e. The van der Waals surface area contributed by atoms with Gasteiger partial charge in [-0.1, -0.05) is 0 Å². The van der Waals surface area contributed by atoms with E-state index in [-0.39, 0.29) is 0 Å².